The van der Waals surface area contributed by atoms with Crippen molar-refractivity contribution < 1.29 is 13.6 Å². The number of carbonyl (C=O) groups excluding carboxylic acids is 1. The van der Waals surface area contributed by atoms with Gasteiger partial charge in [0.25, 0.3) is 0 Å². The molecule has 2 aromatic rings. The number of anilines is 2. The fraction of sp³-hybridized carbons (Fsp3) is 0.125. The van der Waals surface area contributed by atoms with E-state index >= 15 is 0 Å². The summed E-state index contributed by atoms with van der Waals surface area (Å²) in [5.41, 5.74) is 1.56. The molecule has 2 N–H and O–H groups in total. The van der Waals surface area contributed by atoms with E-state index in [0.29, 0.717) is 12.1 Å². The molecule has 0 saturated heterocycles. The maximum absolute atomic E-state index is 13.0. The van der Waals surface area contributed by atoms with Gasteiger partial charge < -0.3 is 10.6 Å². The van der Waals surface area contributed by atoms with Crippen LogP contribution in [0.25, 0.3) is 0 Å². The van der Waals surface area contributed by atoms with Gasteiger partial charge in [-0.2, -0.15) is 5.26 Å². The Balaban J connectivity index is 1.80. The first-order valence-corrected chi connectivity index (χ1v) is 6.57. The van der Waals surface area contributed by atoms with Gasteiger partial charge in [-0.1, -0.05) is 0 Å². The molecule has 2 rings (SSSR count). The number of nitriles is 1. The number of nitrogens with zero attached hydrogens (tertiary/aromatic N) is 1. The van der Waals surface area contributed by atoms with E-state index in [1.807, 2.05) is 6.07 Å². The number of amides is 1. The van der Waals surface area contributed by atoms with Crippen LogP contribution in [0.15, 0.2) is 42.5 Å². The average Bonchev–Trinajstić information content (AvgIpc) is 2.51. The molecule has 0 atom stereocenters. The normalized spacial score (nSPS) is 9.86. The Labute approximate surface area is 126 Å². The second-order valence-electron chi connectivity index (χ2n) is 4.54. The minimum absolute atomic E-state index is 0.166. The third kappa shape index (κ3) is 4.28. The molecule has 4 nitrogen and oxygen atoms in total. The number of hydrogen-bond acceptors (Lipinski definition) is 3. The van der Waals surface area contributed by atoms with E-state index in [-0.39, 0.29) is 18.0 Å². The molecule has 6 heteroatoms. The molecular weight excluding hydrogens is 288 g/mol. The zero-order chi connectivity index (χ0) is 15.9. The molecule has 2 aromatic carbocycles. The second-order valence-corrected chi connectivity index (χ2v) is 4.54. The van der Waals surface area contributed by atoms with Gasteiger partial charge in [0, 0.05) is 30.4 Å². The van der Waals surface area contributed by atoms with Crippen molar-refractivity contribution in [1.29, 1.82) is 5.26 Å². The summed E-state index contributed by atoms with van der Waals surface area (Å²) in [5.74, 6) is -2.28. The number of halogens is 2. The fourth-order valence-electron chi connectivity index (χ4n) is 1.78. The monoisotopic (exact) mass is 301 g/mol. The zero-order valence-corrected chi connectivity index (χ0v) is 11.6. The molecule has 0 heterocycles. The van der Waals surface area contributed by atoms with Gasteiger partial charge in [-0.3, -0.25) is 4.79 Å². The van der Waals surface area contributed by atoms with Crippen LogP contribution in [0.5, 0.6) is 0 Å². The molecule has 22 heavy (non-hydrogen) atoms. The van der Waals surface area contributed by atoms with Gasteiger partial charge in [0.15, 0.2) is 11.6 Å². The number of carbonyl (C=O) groups is 1. The van der Waals surface area contributed by atoms with E-state index in [4.69, 9.17) is 5.26 Å². The largest absolute Gasteiger partial charge is 0.385 e. The lowest BCUT2D eigenvalue weighted by atomic mass is 10.2. The lowest BCUT2D eigenvalue weighted by Gasteiger charge is -2.08. The molecule has 0 aromatic heterocycles. The molecule has 1 amide bonds. The van der Waals surface area contributed by atoms with E-state index in [2.05, 4.69) is 10.6 Å². The smallest absolute Gasteiger partial charge is 0.226 e. The molecule has 0 bridgehead atoms. The van der Waals surface area contributed by atoms with Crippen molar-refractivity contribution in [2.45, 2.75) is 6.42 Å². The predicted molar refractivity (Wildman–Crippen MR) is 79.3 cm³/mol. The zero-order valence-electron chi connectivity index (χ0n) is 11.6. The number of benzene rings is 2. The Hall–Kier alpha value is -2.94. The molecule has 0 aliphatic carbocycles. The minimum atomic E-state index is -1.01. The highest BCUT2D eigenvalue weighted by atomic mass is 19.2. The van der Waals surface area contributed by atoms with Gasteiger partial charge in [0.2, 0.25) is 5.91 Å². The third-order valence-electron chi connectivity index (χ3n) is 2.90. The highest BCUT2D eigenvalue weighted by molar-refractivity contribution is 5.90. The van der Waals surface area contributed by atoms with Crippen molar-refractivity contribution in [2.24, 2.45) is 0 Å². The maximum Gasteiger partial charge on any atom is 0.226 e. The summed E-state index contributed by atoms with van der Waals surface area (Å²) in [5, 5.41) is 14.2. The van der Waals surface area contributed by atoms with Crippen molar-refractivity contribution in [3.63, 3.8) is 0 Å². The van der Waals surface area contributed by atoms with E-state index in [9.17, 15) is 13.6 Å². The number of rotatable bonds is 5. The van der Waals surface area contributed by atoms with E-state index in [0.717, 1.165) is 17.8 Å². The van der Waals surface area contributed by atoms with Crippen molar-refractivity contribution in [3.05, 3.63) is 59.7 Å². The van der Waals surface area contributed by atoms with Crippen LogP contribution in [-0.2, 0) is 4.79 Å². The fourth-order valence-corrected chi connectivity index (χ4v) is 1.78. The summed E-state index contributed by atoms with van der Waals surface area (Å²) in [7, 11) is 0. The Morgan fingerprint density at radius 3 is 2.36 bits per heavy atom. The second kappa shape index (κ2) is 7.18. The molecular formula is C16H13F2N3O. The van der Waals surface area contributed by atoms with Crippen LogP contribution in [0.4, 0.5) is 20.2 Å². The van der Waals surface area contributed by atoms with Crippen LogP contribution in [0.2, 0.25) is 0 Å². The van der Waals surface area contributed by atoms with Crippen LogP contribution < -0.4 is 10.6 Å². The third-order valence-corrected chi connectivity index (χ3v) is 2.90. The maximum atomic E-state index is 13.0. The quantitative estimate of drug-likeness (QED) is 0.890. The highest BCUT2D eigenvalue weighted by Gasteiger charge is 2.06. The van der Waals surface area contributed by atoms with Gasteiger partial charge in [0.05, 0.1) is 11.6 Å². The first-order valence-electron chi connectivity index (χ1n) is 6.57. The summed E-state index contributed by atoms with van der Waals surface area (Å²) >= 11 is 0. The van der Waals surface area contributed by atoms with Gasteiger partial charge in [-0.15, -0.1) is 0 Å². The first-order chi connectivity index (χ1) is 10.6. The van der Waals surface area contributed by atoms with Crippen LogP contribution in [0.1, 0.15) is 12.0 Å². The van der Waals surface area contributed by atoms with Crippen molar-refractivity contribution >= 4 is 17.3 Å². The number of nitrogens with one attached hydrogen (secondary N) is 2. The summed E-state index contributed by atoms with van der Waals surface area (Å²) in [6.45, 7) is 0.376. The minimum Gasteiger partial charge on any atom is -0.385 e. The highest BCUT2D eigenvalue weighted by Crippen LogP contribution is 2.13. The first kappa shape index (κ1) is 15.4. The molecule has 0 unspecified atom stereocenters. The Morgan fingerprint density at radius 1 is 1.05 bits per heavy atom. The standard InChI is InChI=1S/C16H13F2N3O/c17-14-6-5-13(9-15(14)18)21-16(22)7-8-20-12-3-1-11(10-19)2-4-12/h1-6,9,20H,7-8H2,(H,21,22). The van der Waals surface area contributed by atoms with E-state index in [1.165, 1.54) is 6.07 Å². The number of hydrogen-bond donors (Lipinski definition) is 2. The van der Waals surface area contributed by atoms with E-state index < -0.39 is 11.6 Å². The van der Waals surface area contributed by atoms with Crippen molar-refractivity contribution in [1.82, 2.24) is 0 Å². The molecule has 0 fully saturated rings. The Morgan fingerprint density at radius 2 is 1.73 bits per heavy atom. The van der Waals surface area contributed by atoms with Crippen LogP contribution in [0, 0.1) is 23.0 Å². The lowest BCUT2D eigenvalue weighted by Crippen LogP contribution is -2.16. The van der Waals surface area contributed by atoms with Crippen molar-refractivity contribution in [3.8, 4) is 6.07 Å². The summed E-state index contributed by atoms with van der Waals surface area (Å²) in [6, 6.07) is 12.0. The van der Waals surface area contributed by atoms with Crippen LogP contribution in [0.3, 0.4) is 0 Å². The van der Waals surface area contributed by atoms with Gasteiger partial charge in [-0.05, 0) is 36.4 Å². The van der Waals surface area contributed by atoms with Crippen LogP contribution >= 0.6 is 0 Å². The molecule has 0 aliphatic heterocycles. The molecule has 112 valence electrons. The average molecular weight is 301 g/mol. The predicted octanol–water partition coefficient (Wildman–Crippen LogP) is 3.28. The van der Waals surface area contributed by atoms with Crippen LogP contribution in [-0.4, -0.2) is 12.5 Å². The van der Waals surface area contributed by atoms with Gasteiger partial charge in [-0.25, -0.2) is 8.78 Å². The summed E-state index contributed by atoms with van der Waals surface area (Å²) in [6.07, 6.45) is 0.166. The summed E-state index contributed by atoms with van der Waals surface area (Å²) < 4.78 is 25.8. The van der Waals surface area contributed by atoms with Gasteiger partial charge in [0.1, 0.15) is 0 Å². The Kier molecular flexibility index (Phi) is 5.04. The molecule has 0 spiro atoms. The summed E-state index contributed by atoms with van der Waals surface area (Å²) in [4.78, 5) is 11.7. The molecule has 0 radical (unpaired) electrons. The SMILES string of the molecule is N#Cc1ccc(NCCC(=O)Nc2ccc(F)c(F)c2)cc1. The molecule has 0 aliphatic rings. The topological polar surface area (TPSA) is 64.9 Å². The molecule has 0 saturated carbocycles. The Bertz CT molecular complexity index is 708. The lowest BCUT2D eigenvalue weighted by molar-refractivity contribution is -0.115. The van der Waals surface area contributed by atoms with Crippen molar-refractivity contribution in [2.75, 3.05) is 17.2 Å². The van der Waals surface area contributed by atoms with Gasteiger partial charge >= 0.3 is 0 Å². The van der Waals surface area contributed by atoms with E-state index in [1.54, 1.807) is 24.3 Å².